The highest BCUT2D eigenvalue weighted by Crippen LogP contribution is 2.85. The summed E-state index contributed by atoms with van der Waals surface area (Å²) in [6.07, 6.45) is -0.240. The predicted molar refractivity (Wildman–Crippen MR) is 85.7 cm³/mol. The number of nitrogens with zero attached hydrogens (tertiary/aromatic N) is 3. The molecule has 4 rings (SSSR count). The van der Waals surface area contributed by atoms with Gasteiger partial charge in [-0.15, -0.1) is 0 Å². The quantitative estimate of drug-likeness (QED) is 0.841. The summed E-state index contributed by atoms with van der Waals surface area (Å²) in [4.78, 5) is 4.30. The van der Waals surface area contributed by atoms with Crippen molar-refractivity contribution in [3.63, 3.8) is 0 Å². The maximum Gasteiger partial charge on any atom is 0.294 e. The number of nitriles is 2. The predicted octanol–water partition coefficient (Wildman–Crippen LogP) is 2.09. The molecule has 2 N–H and O–H groups in total. The lowest BCUT2D eigenvalue weighted by molar-refractivity contribution is -0.196. The van der Waals surface area contributed by atoms with Crippen LogP contribution in [0, 0.1) is 33.5 Å². The Labute approximate surface area is 144 Å². The van der Waals surface area contributed by atoms with Crippen molar-refractivity contribution in [2.45, 2.75) is 31.3 Å². The molecule has 0 amide bonds. The minimum absolute atomic E-state index is 0.0816. The molecule has 5 atom stereocenters. The molecule has 1 aromatic carbocycles. The van der Waals surface area contributed by atoms with Crippen LogP contribution < -0.4 is 5.73 Å². The zero-order chi connectivity index (χ0) is 17.4. The molecule has 122 valence electrons. The van der Waals surface area contributed by atoms with E-state index >= 15 is 0 Å². The number of aliphatic imine (C=N–C) groups is 1. The highest BCUT2D eigenvalue weighted by atomic mass is 35.5. The smallest absolute Gasteiger partial charge is 0.294 e. The molecule has 2 heterocycles. The highest BCUT2D eigenvalue weighted by molar-refractivity contribution is 6.30. The van der Waals surface area contributed by atoms with Crippen LogP contribution >= 0.6 is 11.6 Å². The van der Waals surface area contributed by atoms with Gasteiger partial charge < -0.3 is 15.2 Å². The zero-order valence-corrected chi connectivity index (χ0v) is 14.0. The molecule has 1 spiro atoms. The van der Waals surface area contributed by atoms with E-state index in [9.17, 15) is 10.5 Å². The van der Waals surface area contributed by atoms with E-state index in [4.69, 9.17) is 26.8 Å². The number of fused-ring (bicyclic) bond motifs is 2. The van der Waals surface area contributed by atoms with Crippen molar-refractivity contribution >= 4 is 17.4 Å². The van der Waals surface area contributed by atoms with Gasteiger partial charge in [-0.05, 0) is 24.6 Å². The van der Waals surface area contributed by atoms with Gasteiger partial charge in [0.25, 0.3) is 5.91 Å². The third-order valence-electron chi connectivity index (χ3n) is 5.76. The fraction of sp³-hybridized carbons (Fsp3) is 0.471. The topological polar surface area (TPSA) is 104 Å². The van der Waals surface area contributed by atoms with Crippen molar-refractivity contribution in [2.24, 2.45) is 21.6 Å². The molecule has 1 saturated heterocycles. The molecule has 1 saturated carbocycles. The van der Waals surface area contributed by atoms with Gasteiger partial charge in [0.2, 0.25) is 0 Å². The number of hydrogen-bond donors (Lipinski definition) is 1. The first-order valence-corrected chi connectivity index (χ1v) is 7.99. The van der Waals surface area contributed by atoms with E-state index in [2.05, 4.69) is 17.1 Å². The largest absolute Gasteiger partial charge is 0.386 e. The van der Waals surface area contributed by atoms with Crippen LogP contribution in [0.4, 0.5) is 0 Å². The highest BCUT2D eigenvalue weighted by Gasteiger charge is 3.00. The van der Waals surface area contributed by atoms with E-state index in [1.807, 2.05) is 13.8 Å². The van der Waals surface area contributed by atoms with Crippen molar-refractivity contribution in [2.75, 3.05) is 6.61 Å². The molecule has 3 aliphatic rings. The summed E-state index contributed by atoms with van der Waals surface area (Å²) >= 11 is 5.98. The summed E-state index contributed by atoms with van der Waals surface area (Å²) in [6.45, 7) is 3.96. The van der Waals surface area contributed by atoms with Gasteiger partial charge in [0.15, 0.2) is 10.8 Å². The van der Waals surface area contributed by atoms with Crippen LogP contribution in [0.2, 0.25) is 5.02 Å². The van der Waals surface area contributed by atoms with Gasteiger partial charge in [0.1, 0.15) is 5.84 Å². The minimum Gasteiger partial charge on any atom is -0.386 e. The van der Waals surface area contributed by atoms with Gasteiger partial charge in [0.05, 0.1) is 24.8 Å². The number of ether oxygens (including phenoxy) is 2. The Morgan fingerprint density at radius 1 is 1.29 bits per heavy atom. The molecule has 1 aliphatic carbocycles. The molecule has 2 aliphatic heterocycles. The molecular formula is C17H15ClN4O2. The van der Waals surface area contributed by atoms with E-state index < -0.39 is 22.2 Å². The molecule has 1 aromatic rings. The third-order valence-corrected chi connectivity index (χ3v) is 6.01. The molecule has 6 nitrogen and oxygen atoms in total. The maximum atomic E-state index is 10.1. The van der Waals surface area contributed by atoms with Gasteiger partial charge in [-0.2, -0.15) is 10.5 Å². The molecule has 24 heavy (non-hydrogen) atoms. The second kappa shape index (κ2) is 4.29. The van der Waals surface area contributed by atoms with Crippen LogP contribution in [-0.2, 0) is 14.9 Å². The lowest BCUT2D eigenvalue weighted by atomic mass is 9.85. The molecule has 0 bridgehead atoms. The van der Waals surface area contributed by atoms with Crippen LogP contribution in [0.3, 0.4) is 0 Å². The Bertz CT molecular complexity index is 857. The summed E-state index contributed by atoms with van der Waals surface area (Å²) in [5.41, 5.74) is 3.38. The van der Waals surface area contributed by atoms with E-state index in [0.29, 0.717) is 11.6 Å². The second-order valence-electron chi connectivity index (χ2n) is 6.67. The molecule has 0 radical (unpaired) electrons. The van der Waals surface area contributed by atoms with E-state index in [1.54, 1.807) is 24.3 Å². The normalized spacial score (nSPS) is 45.4. The Morgan fingerprint density at radius 3 is 2.46 bits per heavy atom. The van der Waals surface area contributed by atoms with Crippen molar-refractivity contribution in [1.82, 2.24) is 0 Å². The fourth-order valence-electron chi connectivity index (χ4n) is 4.61. The summed E-state index contributed by atoms with van der Waals surface area (Å²) in [7, 11) is 0. The molecule has 2 fully saturated rings. The summed E-state index contributed by atoms with van der Waals surface area (Å²) in [5.74, 6) is -1.46. The van der Waals surface area contributed by atoms with Crippen LogP contribution in [0.1, 0.15) is 19.4 Å². The summed E-state index contributed by atoms with van der Waals surface area (Å²) in [6, 6.07) is 11.6. The van der Waals surface area contributed by atoms with Crippen molar-refractivity contribution in [3.8, 4) is 12.1 Å². The fourth-order valence-corrected chi connectivity index (χ4v) is 4.73. The van der Waals surface area contributed by atoms with Gasteiger partial charge in [-0.25, -0.2) is 4.99 Å². The first-order valence-electron chi connectivity index (χ1n) is 7.61. The van der Waals surface area contributed by atoms with Gasteiger partial charge in [-0.1, -0.05) is 30.7 Å². The number of rotatable bonds is 1. The van der Waals surface area contributed by atoms with Crippen LogP contribution in [0.5, 0.6) is 0 Å². The minimum atomic E-state index is -1.55. The molecule has 7 heteroatoms. The average Bonchev–Trinajstić information content (AvgIpc) is 2.75. The number of benzene rings is 1. The number of hydrogen-bond acceptors (Lipinski definition) is 6. The number of amidine groups is 1. The standard InChI is InChI=1S/C17H15ClN4O2/c1-10-7-23-17(24-10)16(9-20)14(2,11-3-5-12(18)6-4-11)15(16,8-19)13(21)22-17/h3-6,10H,7H2,1-2H3,(H2,21,22)/t10-,14+,15+,16-,17+/m1/s1. The SMILES string of the molecule is C[C@@H]1CO[C@]2(N=C(N)[C@@]3(C#N)[C@](C)(c4ccc(Cl)cc4)[C@@]23C#N)O1. The van der Waals surface area contributed by atoms with E-state index in [1.165, 1.54) is 0 Å². The Balaban J connectivity index is 1.98. The van der Waals surface area contributed by atoms with E-state index in [0.717, 1.165) is 5.56 Å². The Morgan fingerprint density at radius 2 is 1.96 bits per heavy atom. The molecule has 0 aromatic heterocycles. The first kappa shape index (κ1) is 15.4. The lowest BCUT2D eigenvalue weighted by Gasteiger charge is -2.30. The number of halogens is 1. The van der Waals surface area contributed by atoms with Crippen LogP contribution in [-0.4, -0.2) is 24.5 Å². The van der Waals surface area contributed by atoms with Gasteiger partial charge in [-0.3, -0.25) is 0 Å². The van der Waals surface area contributed by atoms with Crippen molar-refractivity contribution < 1.29 is 9.47 Å². The lowest BCUT2D eigenvalue weighted by Crippen LogP contribution is -2.42. The summed E-state index contributed by atoms with van der Waals surface area (Å²) < 4.78 is 11.7. The van der Waals surface area contributed by atoms with Crippen molar-refractivity contribution in [1.29, 1.82) is 10.5 Å². The van der Waals surface area contributed by atoms with Crippen molar-refractivity contribution in [3.05, 3.63) is 34.9 Å². The Hall–Kier alpha value is -2.12. The van der Waals surface area contributed by atoms with Gasteiger partial charge >= 0.3 is 0 Å². The van der Waals surface area contributed by atoms with E-state index in [-0.39, 0.29) is 11.9 Å². The average molecular weight is 343 g/mol. The third kappa shape index (κ3) is 1.23. The van der Waals surface area contributed by atoms with Crippen LogP contribution in [0.25, 0.3) is 0 Å². The molecule has 0 unspecified atom stereocenters. The summed E-state index contributed by atoms with van der Waals surface area (Å²) in [5, 5.41) is 20.7. The van der Waals surface area contributed by atoms with Gasteiger partial charge in [0, 0.05) is 10.4 Å². The maximum absolute atomic E-state index is 10.1. The monoisotopic (exact) mass is 342 g/mol. The zero-order valence-electron chi connectivity index (χ0n) is 13.2. The second-order valence-corrected chi connectivity index (χ2v) is 7.11. The Kier molecular flexibility index (Phi) is 2.75. The van der Waals surface area contributed by atoms with Crippen LogP contribution in [0.15, 0.2) is 29.3 Å². The first-order chi connectivity index (χ1) is 11.3. The number of nitrogens with two attached hydrogens (primary N) is 1. The molecular weight excluding hydrogens is 328 g/mol.